The summed E-state index contributed by atoms with van der Waals surface area (Å²) in [4.78, 5) is 8.64. The van der Waals surface area contributed by atoms with Gasteiger partial charge in [0, 0.05) is 43.9 Å². The number of morpholine rings is 1. The number of nitrogens with zero attached hydrogens (tertiary/aromatic N) is 3. The van der Waals surface area contributed by atoms with Gasteiger partial charge >= 0.3 is 0 Å². The van der Waals surface area contributed by atoms with Crippen molar-refractivity contribution in [1.29, 1.82) is 0 Å². The molecule has 36 heavy (non-hydrogen) atoms. The highest BCUT2D eigenvalue weighted by Gasteiger charge is 2.49. The maximum atomic E-state index is 15.1. The summed E-state index contributed by atoms with van der Waals surface area (Å²) in [6, 6.07) is 19.9. The molecule has 0 radical (unpaired) electrons. The Morgan fingerprint density at radius 3 is 2.44 bits per heavy atom. The molecule has 0 saturated carbocycles. The van der Waals surface area contributed by atoms with Gasteiger partial charge in [0.25, 0.3) is 5.92 Å². The molecule has 0 N–H and O–H groups in total. The summed E-state index contributed by atoms with van der Waals surface area (Å²) in [5.74, 6) is -1.11. The number of halogens is 2. The van der Waals surface area contributed by atoms with E-state index in [1.165, 1.54) is 0 Å². The molecule has 0 aliphatic carbocycles. The quantitative estimate of drug-likeness (QED) is 0.440. The number of anilines is 2. The maximum Gasteiger partial charge on any atom is 0.270 e. The van der Waals surface area contributed by atoms with Gasteiger partial charge in [0.1, 0.15) is 18.2 Å². The number of hydrogen-bond acceptors (Lipinski definition) is 6. The summed E-state index contributed by atoms with van der Waals surface area (Å²) in [5, 5.41) is 0. The largest absolute Gasteiger partial charge is 0.497 e. The molecule has 3 heterocycles. The van der Waals surface area contributed by atoms with Crippen LogP contribution >= 0.6 is 0 Å². The van der Waals surface area contributed by atoms with E-state index in [4.69, 9.17) is 19.2 Å². The third-order valence-electron chi connectivity index (χ3n) is 6.81. The molecule has 2 aliphatic rings. The van der Waals surface area contributed by atoms with Crippen LogP contribution in [0.4, 0.5) is 20.3 Å². The van der Waals surface area contributed by atoms with Crippen molar-refractivity contribution in [2.45, 2.75) is 31.4 Å². The van der Waals surface area contributed by atoms with Crippen LogP contribution in [0.3, 0.4) is 0 Å². The van der Waals surface area contributed by atoms with Gasteiger partial charge in [-0.25, -0.2) is 8.78 Å². The topological polar surface area (TPSA) is 47.1 Å². The monoisotopic (exact) mass is 495 g/mol. The molecule has 2 saturated heterocycles. The molecule has 3 aromatic rings. The van der Waals surface area contributed by atoms with Crippen molar-refractivity contribution in [3.05, 3.63) is 77.9 Å². The van der Waals surface area contributed by atoms with Crippen molar-refractivity contribution in [2.75, 3.05) is 49.8 Å². The second-order valence-electron chi connectivity index (χ2n) is 9.17. The van der Waals surface area contributed by atoms with E-state index in [9.17, 15) is 0 Å². The highest BCUT2D eigenvalue weighted by molar-refractivity contribution is 5.59. The maximum absolute atomic E-state index is 15.1. The summed E-state index contributed by atoms with van der Waals surface area (Å²) in [5.41, 5.74) is 2.75. The van der Waals surface area contributed by atoms with Crippen molar-refractivity contribution in [2.24, 2.45) is 0 Å². The summed E-state index contributed by atoms with van der Waals surface area (Å²) in [6.07, 6.45) is 0.0509. The molecule has 2 fully saturated rings. The van der Waals surface area contributed by atoms with Crippen LogP contribution in [0.25, 0.3) is 0 Å². The zero-order valence-corrected chi connectivity index (χ0v) is 20.4. The Bertz CT molecular complexity index is 1140. The lowest BCUT2D eigenvalue weighted by atomic mass is 10.0. The van der Waals surface area contributed by atoms with Crippen molar-refractivity contribution < 1.29 is 23.0 Å². The second-order valence-corrected chi connectivity index (χ2v) is 9.17. The van der Waals surface area contributed by atoms with Gasteiger partial charge in [0.2, 0.25) is 5.88 Å². The molecule has 1 unspecified atom stereocenters. The first-order valence-corrected chi connectivity index (χ1v) is 12.3. The number of pyridine rings is 1. The average Bonchev–Trinajstić information content (AvgIpc) is 3.22. The molecular formula is C28H31F2N3O3. The zero-order chi connectivity index (χ0) is 25.0. The molecular weight excluding hydrogens is 464 g/mol. The Morgan fingerprint density at radius 2 is 1.72 bits per heavy atom. The van der Waals surface area contributed by atoms with Crippen molar-refractivity contribution in [1.82, 2.24) is 4.98 Å². The average molecular weight is 496 g/mol. The predicted molar refractivity (Wildman–Crippen MR) is 135 cm³/mol. The van der Waals surface area contributed by atoms with E-state index < -0.39 is 12.0 Å². The van der Waals surface area contributed by atoms with E-state index in [1.807, 2.05) is 66.7 Å². The van der Waals surface area contributed by atoms with E-state index in [0.29, 0.717) is 31.5 Å². The van der Waals surface area contributed by atoms with Gasteiger partial charge in [-0.05, 0) is 29.7 Å². The predicted octanol–water partition coefficient (Wildman–Crippen LogP) is 4.96. The molecule has 2 aromatic carbocycles. The van der Waals surface area contributed by atoms with Gasteiger partial charge in [0.05, 0.1) is 26.4 Å². The number of benzene rings is 2. The van der Waals surface area contributed by atoms with Crippen LogP contribution in [0.2, 0.25) is 0 Å². The number of rotatable bonds is 8. The van der Waals surface area contributed by atoms with E-state index in [2.05, 4.69) is 4.90 Å². The summed E-state index contributed by atoms with van der Waals surface area (Å²) < 4.78 is 47.0. The van der Waals surface area contributed by atoms with Crippen LogP contribution in [0, 0.1) is 0 Å². The number of hydrogen-bond donors (Lipinski definition) is 0. The molecule has 6 nitrogen and oxygen atoms in total. The van der Waals surface area contributed by atoms with E-state index >= 15 is 8.78 Å². The lowest BCUT2D eigenvalue weighted by Gasteiger charge is -2.32. The van der Waals surface area contributed by atoms with Crippen molar-refractivity contribution >= 4 is 11.5 Å². The third kappa shape index (κ3) is 5.54. The van der Waals surface area contributed by atoms with Gasteiger partial charge in [0.15, 0.2) is 0 Å². The highest BCUT2D eigenvalue weighted by atomic mass is 19.3. The number of ether oxygens (including phenoxy) is 3. The van der Waals surface area contributed by atoms with Gasteiger partial charge in [-0.3, -0.25) is 0 Å². The van der Waals surface area contributed by atoms with Crippen LogP contribution in [0.5, 0.6) is 11.6 Å². The van der Waals surface area contributed by atoms with Crippen LogP contribution in [-0.4, -0.2) is 56.9 Å². The highest BCUT2D eigenvalue weighted by Crippen LogP contribution is 2.40. The fraction of sp³-hybridized carbons (Fsp3) is 0.393. The van der Waals surface area contributed by atoms with E-state index in [1.54, 1.807) is 12.0 Å². The fourth-order valence-corrected chi connectivity index (χ4v) is 4.77. The summed E-state index contributed by atoms with van der Waals surface area (Å²) >= 11 is 0. The van der Waals surface area contributed by atoms with E-state index in [-0.39, 0.29) is 19.4 Å². The standard InChI is InChI=1S/C28H31F2N3O3/c1-34-24-9-7-22(8-10-24)20-36-27-19-23(32-13-15-35-16-14-32)18-26(31-27)33-12-11-28(29,30)25(33)17-21-5-3-2-4-6-21/h2-10,18-19,25H,11-17,20H2,1H3. The van der Waals surface area contributed by atoms with Crippen LogP contribution in [-0.2, 0) is 17.8 Å². The molecule has 5 rings (SSSR count). The minimum absolute atomic E-state index is 0.198. The first-order valence-electron chi connectivity index (χ1n) is 12.3. The first kappa shape index (κ1) is 24.3. The van der Waals surface area contributed by atoms with Gasteiger partial charge < -0.3 is 24.0 Å². The Morgan fingerprint density at radius 1 is 0.972 bits per heavy atom. The summed E-state index contributed by atoms with van der Waals surface area (Å²) in [6.45, 7) is 3.25. The van der Waals surface area contributed by atoms with Crippen molar-refractivity contribution in [3.63, 3.8) is 0 Å². The second kappa shape index (κ2) is 10.7. The molecule has 8 heteroatoms. The van der Waals surface area contributed by atoms with Crippen molar-refractivity contribution in [3.8, 4) is 11.6 Å². The molecule has 0 bridgehead atoms. The normalized spacial score (nSPS) is 19.4. The fourth-order valence-electron chi connectivity index (χ4n) is 4.77. The smallest absolute Gasteiger partial charge is 0.270 e. The Labute approximate surface area is 210 Å². The molecule has 2 aliphatic heterocycles. The van der Waals surface area contributed by atoms with E-state index in [0.717, 1.165) is 35.7 Å². The summed E-state index contributed by atoms with van der Waals surface area (Å²) in [7, 11) is 1.63. The Hall–Kier alpha value is -3.39. The van der Waals surface area contributed by atoms with Crippen LogP contribution in [0.1, 0.15) is 17.5 Å². The lowest BCUT2D eigenvalue weighted by molar-refractivity contribution is -0.00682. The first-order chi connectivity index (χ1) is 17.5. The minimum Gasteiger partial charge on any atom is -0.497 e. The Kier molecular flexibility index (Phi) is 7.23. The number of alkyl halides is 2. The number of methoxy groups -OCH3 is 1. The van der Waals surface area contributed by atoms with Gasteiger partial charge in [-0.2, -0.15) is 4.98 Å². The molecule has 190 valence electrons. The molecule has 1 aromatic heterocycles. The van der Waals surface area contributed by atoms with Gasteiger partial charge in [-0.15, -0.1) is 0 Å². The number of aromatic nitrogens is 1. The van der Waals surface area contributed by atoms with Gasteiger partial charge in [-0.1, -0.05) is 42.5 Å². The minimum atomic E-state index is -2.81. The lowest BCUT2D eigenvalue weighted by Crippen LogP contribution is -2.41. The zero-order valence-electron chi connectivity index (χ0n) is 20.4. The van der Waals surface area contributed by atoms with Crippen LogP contribution in [0.15, 0.2) is 66.7 Å². The SMILES string of the molecule is COc1ccc(COc2cc(N3CCOCC3)cc(N3CCC(F)(F)C3Cc3ccccc3)n2)cc1. The third-order valence-corrected chi connectivity index (χ3v) is 6.81. The molecule has 1 atom stereocenters. The molecule has 0 spiro atoms. The Balaban J connectivity index is 1.43. The van der Waals surface area contributed by atoms with Crippen LogP contribution < -0.4 is 19.3 Å². The molecule has 0 amide bonds.